The van der Waals surface area contributed by atoms with Crippen molar-refractivity contribution in [1.82, 2.24) is 4.90 Å². The first-order valence-electron chi connectivity index (χ1n) is 11.0. The molecular weight excluding hydrogens is 497 g/mol. The summed E-state index contributed by atoms with van der Waals surface area (Å²) in [5.41, 5.74) is 0. The fourth-order valence-electron chi connectivity index (χ4n) is 4.42. The van der Waals surface area contributed by atoms with Crippen molar-refractivity contribution in [1.29, 1.82) is 0 Å². The van der Waals surface area contributed by atoms with Crippen LogP contribution in [0.15, 0.2) is 91.0 Å². The Morgan fingerprint density at radius 2 is 1.22 bits per heavy atom. The molecule has 0 bridgehead atoms. The minimum absolute atomic E-state index is 0.00958. The van der Waals surface area contributed by atoms with Crippen molar-refractivity contribution in [3.63, 3.8) is 0 Å². The van der Waals surface area contributed by atoms with Gasteiger partial charge in [0.2, 0.25) is 5.91 Å². The molecule has 1 saturated heterocycles. The molecule has 184 valence electrons. The number of carbonyl (C=O) groups is 4. The quantitative estimate of drug-likeness (QED) is 0.349. The number of hydrogen-bond donors (Lipinski definition) is 0. The van der Waals surface area contributed by atoms with Gasteiger partial charge in [-0.1, -0.05) is 103 Å². The van der Waals surface area contributed by atoms with Crippen molar-refractivity contribution in [2.24, 2.45) is 0 Å². The molecule has 1 aliphatic heterocycles. The minimum Gasteiger partial charge on any atom is -0.467 e. The molecule has 3 aromatic carbocycles. The molecule has 0 aliphatic carbocycles. The van der Waals surface area contributed by atoms with E-state index in [1.807, 2.05) is 91.0 Å². The molecule has 1 aliphatic rings. The maximum Gasteiger partial charge on any atom is 0.337 e. The fraction of sp³-hybridized carbons (Fsp3) is 0.148. The molecule has 1 heterocycles. The highest BCUT2D eigenvalue weighted by atomic mass is 32.2. The molecular formula is C27H24NO6PS. The summed E-state index contributed by atoms with van der Waals surface area (Å²) >= 11 is 0.781. The van der Waals surface area contributed by atoms with Crippen molar-refractivity contribution >= 4 is 62.9 Å². The lowest BCUT2D eigenvalue weighted by atomic mass is 10.1. The number of imide groups is 1. The van der Waals surface area contributed by atoms with Gasteiger partial charge in [0.25, 0.3) is 5.24 Å². The van der Waals surface area contributed by atoms with Crippen LogP contribution in [0.1, 0.15) is 0 Å². The van der Waals surface area contributed by atoms with Gasteiger partial charge in [0.1, 0.15) is 0 Å². The van der Waals surface area contributed by atoms with Gasteiger partial charge in [-0.25, -0.2) is 9.59 Å². The lowest BCUT2D eigenvalue weighted by Gasteiger charge is -2.35. The molecule has 0 radical (unpaired) electrons. The summed E-state index contributed by atoms with van der Waals surface area (Å²) < 4.78 is 10.4. The topological polar surface area (TPSA) is 90.0 Å². The summed E-state index contributed by atoms with van der Waals surface area (Å²) in [7, 11) is 2.38. The van der Waals surface area contributed by atoms with Gasteiger partial charge in [-0.3, -0.25) is 14.5 Å². The zero-order valence-electron chi connectivity index (χ0n) is 19.7. The van der Waals surface area contributed by atoms with E-state index in [-0.39, 0.29) is 11.0 Å². The summed E-state index contributed by atoms with van der Waals surface area (Å²) in [5, 5.41) is 1.63. The van der Waals surface area contributed by atoms with Crippen LogP contribution in [0.5, 0.6) is 0 Å². The van der Waals surface area contributed by atoms with Gasteiger partial charge in [-0.2, -0.15) is 0 Å². The van der Waals surface area contributed by atoms with Gasteiger partial charge in [0.15, 0.2) is 6.04 Å². The van der Waals surface area contributed by atoms with Gasteiger partial charge in [0.05, 0.1) is 25.3 Å². The van der Waals surface area contributed by atoms with Crippen molar-refractivity contribution in [3.05, 3.63) is 91.0 Å². The third-order valence-electron chi connectivity index (χ3n) is 5.91. The molecule has 3 aromatic rings. The molecule has 0 aromatic heterocycles. The molecule has 36 heavy (non-hydrogen) atoms. The number of methoxy groups -OCH3 is 2. The van der Waals surface area contributed by atoms with E-state index in [1.165, 1.54) is 7.11 Å². The minimum atomic E-state index is -3.18. The number of benzene rings is 3. The van der Waals surface area contributed by atoms with Crippen LogP contribution in [0, 0.1) is 0 Å². The predicted octanol–water partition coefficient (Wildman–Crippen LogP) is 2.56. The molecule has 0 N–H and O–H groups in total. The number of thioether (sulfide) groups is 1. The Bertz CT molecular complexity index is 1230. The van der Waals surface area contributed by atoms with Crippen LogP contribution in [-0.2, 0) is 23.9 Å². The van der Waals surface area contributed by atoms with E-state index in [1.54, 1.807) is 0 Å². The average molecular weight is 522 g/mol. The van der Waals surface area contributed by atoms with Crippen LogP contribution in [-0.4, -0.2) is 59.3 Å². The summed E-state index contributed by atoms with van der Waals surface area (Å²) in [4.78, 5) is 53.9. The Morgan fingerprint density at radius 1 is 0.778 bits per heavy atom. The van der Waals surface area contributed by atoms with Crippen LogP contribution in [0.4, 0.5) is 4.79 Å². The van der Waals surface area contributed by atoms with E-state index in [0.717, 1.165) is 39.7 Å². The normalized spacial score (nSPS) is 14.3. The van der Waals surface area contributed by atoms with E-state index in [0.29, 0.717) is 0 Å². The lowest BCUT2D eigenvalue weighted by Crippen LogP contribution is -2.54. The fourth-order valence-corrected chi connectivity index (χ4v) is 9.69. The number of ether oxygens (including phenoxy) is 2. The zero-order valence-corrected chi connectivity index (χ0v) is 21.4. The number of nitrogens with zero attached hydrogens (tertiary/aromatic N) is 1. The second kappa shape index (κ2) is 11.0. The number of hydrogen-bond acceptors (Lipinski definition) is 7. The Hall–Kier alpha value is -3.61. The maximum absolute atomic E-state index is 13.8. The first-order chi connectivity index (χ1) is 17.5. The molecule has 1 fully saturated rings. The average Bonchev–Trinajstić information content (AvgIpc) is 3.27. The molecule has 1 unspecified atom stereocenters. The predicted molar refractivity (Wildman–Crippen MR) is 143 cm³/mol. The van der Waals surface area contributed by atoms with Gasteiger partial charge < -0.3 is 9.47 Å². The smallest absolute Gasteiger partial charge is 0.337 e. The third-order valence-corrected chi connectivity index (χ3v) is 11.1. The highest BCUT2D eigenvalue weighted by Crippen LogP contribution is 2.48. The van der Waals surface area contributed by atoms with E-state index in [9.17, 15) is 19.2 Å². The molecule has 4 rings (SSSR count). The Kier molecular flexibility index (Phi) is 7.77. The Balaban J connectivity index is 2.31. The summed E-state index contributed by atoms with van der Waals surface area (Å²) in [6, 6.07) is 26.3. The van der Waals surface area contributed by atoms with Crippen LogP contribution in [0.2, 0.25) is 0 Å². The molecule has 9 heteroatoms. The van der Waals surface area contributed by atoms with Crippen LogP contribution in [0.3, 0.4) is 0 Å². The van der Waals surface area contributed by atoms with Gasteiger partial charge in [-0.15, -0.1) is 0 Å². The first kappa shape index (κ1) is 25.5. The zero-order chi connectivity index (χ0) is 25.7. The third kappa shape index (κ3) is 4.38. The van der Waals surface area contributed by atoms with Crippen LogP contribution < -0.4 is 15.9 Å². The van der Waals surface area contributed by atoms with Crippen LogP contribution in [0.25, 0.3) is 0 Å². The lowest BCUT2D eigenvalue weighted by molar-refractivity contribution is -0.147. The Morgan fingerprint density at radius 3 is 1.56 bits per heavy atom. The Labute approximate surface area is 213 Å². The van der Waals surface area contributed by atoms with Gasteiger partial charge >= 0.3 is 11.9 Å². The van der Waals surface area contributed by atoms with E-state index >= 15 is 0 Å². The molecule has 1 atom stereocenters. The largest absolute Gasteiger partial charge is 0.467 e. The molecule has 0 spiro atoms. The standard InChI is InChI=1S/C27H24NO6PS/c1-33-25(30)23(28-22(29)18-36-27(28)32)24(26(31)34-2)35(19-12-6-3-7-13-19,20-14-8-4-9-15-20)21-16-10-5-11-17-21/h3-17,23H,18H2,1-2H3. The SMILES string of the molecule is COC(=O)C(C(C(=O)OC)N1C(=O)CSC1=O)=P(c1ccccc1)(c1ccccc1)c1ccccc1. The summed E-state index contributed by atoms with van der Waals surface area (Å²) in [6.07, 6.45) is 0. The van der Waals surface area contributed by atoms with Crippen molar-refractivity contribution in [2.45, 2.75) is 6.04 Å². The van der Waals surface area contributed by atoms with Crippen molar-refractivity contribution in [3.8, 4) is 0 Å². The second-order valence-corrected chi connectivity index (χ2v) is 12.1. The number of rotatable bonds is 7. The van der Waals surface area contributed by atoms with Gasteiger partial charge in [-0.05, 0) is 22.8 Å². The maximum atomic E-state index is 13.8. The molecule has 0 saturated carbocycles. The molecule has 7 nitrogen and oxygen atoms in total. The first-order valence-corrected chi connectivity index (χ1v) is 13.8. The van der Waals surface area contributed by atoms with Gasteiger partial charge in [0, 0.05) is 0 Å². The monoisotopic (exact) mass is 521 g/mol. The number of esters is 2. The number of amides is 2. The molecule has 2 amide bonds. The van der Waals surface area contributed by atoms with E-state index in [4.69, 9.17) is 9.47 Å². The summed E-state index contributed by atoms with van der Waals surface area (Å²) in [5.74, 6) is -2.40. The van der Waals surface area contributed by atoms with Crippen molar-refractivity contribution < 1.29 is 28.7 Å². The van der Waals surface area contributed by atoms with E-state index < -0.39 is 36.0 Å². The highest BCUT2D eigenvalue weighted by molar-refractivity contribution is 8.14. The summed E-state index contributed by atoms with van der Waals surface area (Å²) in [6.45, 7) is -3.18. The second-order valence-electron chi connectivity index (χ2n) is 7.80. The van der Waals surface area contributed by atoms with Crippen molar-refractivity contribution in [2.75, 3.05) is 20.0 Å². The van der Waals surface area contributed by atoms with E-state index in [2.05, 4.69) is 0 Å². The number of carbonyl (C=O) groups excluding carboxylic acids is 4. The highest BCUT2D eigenvalue weighted by Gasteiger charge is 2.49. The van der Waals surface area contributed by atoms with Crippen LogP contribution >= 0.6 is 18.6 Å².